The highest BCUT2D eigenvalue weighted by Crippen LogP contribution is 2.50. The topological polar surface area (TPSA) is 142 Å². The molecule has 3 aromatic heterocycles. The molecule has 13 heteroatoms. The van der Waals surface area contributed by atoms with Crippen molar-refractivity contribution in [3.63, 3.8) is 0 Å². The predicted molar refractivity (Wildman–Crippen MR) is 217 cm³/mol. The maximum Gasteiger partial charge on any atom is 0.249 e. The molecule has 6 unspecified atom stereocenters. The molecule has 6 aromatic rings. The van der Waals surface area contributed by atoms with E-state index in [2.05, 4.69) is 83.7 Å². The van der Waals surface area contributed by atoms with Crippen molar-refractivity contribution >= 4 is 16.7 Å². The number of H-pyrrole nitrogens is 2. The first-order valence-corrected chi connectivity index (χ1v) is 20.3. The van der Waals surface area contributed by atoms with Gasteiger partial charge >= 0.3 is 0 Å². The second-order valence-corrected chi connectivity index (χ2v) is 16.4. The van der Waals surface area contributed by atoms with Crippen molar-refractivity contribution in [3.05, 3.63) is 102 Å². The van der Waals surface area contributed by atoms with Crippen LogP contribution in [0.2, 0.25) is 0 Å². The smallest absolute Gasteiger partial charge is 0.249 e. The van der Waals surface area contributed by atoms with Gasteiger partial charge in [0.2, 0.25) is 18.6 Å². The third-order valence-corrected chi connectivity index (χ3v) is 12.2. The van der Waals surface area contributed by atoms with Crippen LogP contribution in [0.25, 0.3) is 44.7 Å². The van der Waals surface area contributed by atoms with Gasteiger partial charge in [0.15, 0.2) is 0 Å². The highest BCUT2D eigenvalue weighted by Gasteiger charge is 2.48. The Bertz CT molecular complexity index is 2420. The maximum absolute atomic E-state index is 15.0. The van der Waals surface area contributed by atoms with Gasteiger partial charge in [-0.15, -0.1) is 0 Å². The number of ether oxygens (including phenoxy) is 2. The van der Waals surface area contributed by atoms with E-state index in [-0.39, 0.29) is 37.0 Å². The van der Waals surface area contributed by atoms with E-state index in [0.29, 0.717) is 12.2 Å². The molecule has 5 N–H and O–H groups in total. The van der Waals surface area contributed by atoms with Crippen molar-refractivity contribution < 1.29 is 28.2 Å². The van der Waals surface area contributed by atoms with Gasteiger partial charge in [0.05, 0.1) is 47.1 Å². The number of fused-ring (bicyclic) bond motifs is 5. The van der Waals surface area contributed by atoms with Crippen LogP contribution in [-0.4, -0.2) is 67.4 Å². The number of aliphatic hydroxyl groups is 1. The number of nitrogens with one attached hydrogen (secondary N) is 4. The zero-order chi connectivity index (χ0) is 40.1. The number of carbonyl (C=O) groups is 1. The highest BCUT2D eigenvalue weighted by molar-refractivity contribution is 5.92. The summed E-state index contributed by atoms with van der Waals surface area (Å²) in [6.07, 6.45) is 3.87. The summed E-state index contributed by atoms with van der Waals surface area (Å²) in [7, 11) is 1.34. The Morgan fingerprint density at radius 2 is 1.74 bits per heavy atom. The number of hydrogen-bond donors (Lipinski definition) is 5. The molecule has 0 bridgehead atoms. The van der Waals surface area contributed by atoms with Crippen molar-refractivity contribution in [2.75, 3.05) is 13.7 Å². The van der Waals surface area contributed by atoms with Crippen LogP contribution in [-0.2, 0) is 9.53 Å². The number of aromatic amines is 2. The fraction of sp³-hybridized carbons (Fsp3) is 0.400. The number of Topliss-reactive ketones (excluding diaryl/α,β-unsaturated/α-hetero) is 1. The lowest BCUT2D eigenvalue weighted by Crippen LogP contribution is -2.47. The van der Waals surface area contributed by atoms with Gasteiger partial charge in [-0.05, 0) is 68.0 Å². The molecule has 6 atom stereocenters. The molecule has 1 saturated carbocycles. The van der Waals surface area contributed by atoms with Crippen molar-refractivity contribution in [1.29, 1.82) is 0 Å². The first kappa shape index (κ1) is 38.3. The van der Waals surface area contributed by atoms with Gasteiger partial charge in [0.25, 0.3) is 0 Å². The third-order valence-electron chi connectivity index (χ3n) is 12.2. The number of carbonyl (C=O) groups excluding carboxylic acids is 1. The molecule has 2 aliphatic heterocycles. The fourth-order valence-corrected chi connectivity index (χ4v) is 9.20. The van der Waals surface area contributed by atoms with Crippen molar-refractivity contribution in [3.8, 4) is 39.5 Å². The minimum Gasteiger partial charge on any atom is -0.465 e. The van der Waals surface area contributed by atoms with E-state index >= 15 is 0 Å². The summed E-state index contributed by atoms with van der Waals surface area (Å²) in [5.41, 5.74) is 7.57. The van der Waals surface area contributed by atoms with E-state index in [4.69, 9.17) is 9.47 Å². The van der Waals surface area contributed by atoms with Crippen LogP contribution in [0.1, 0.15) is 87.8 Å². The van der Waals surface area contributed by atoms with Crippen LogP contribution >= 0.6 is 0 Å². The molecular weight excluding hydrogens is 741 g/mol. The number of hydrogen-bond acceptors (Lipinski definition) is 8. The lowest BCUT2D eigenvalue weighted by atomic mass is 9.88. The summed E-state index contributed by atoms with van der Waals surface area (Å²) in [6, 6.07) is 24.5. The Morgan fingerprint density at radius 3 is 2.48 bits per heavy atom. The van der Waals surface area contributed by atoms with Crippen molar-refractivity contribution in [1.82, 2.24) is 35.1 Å². The van der Waals surface area contributed by atoms with Gasteiger partial charge in [0.1, 0.15) is 23.2 Å². The van der Waals surface area contributed by atoms with E-state index in [1.807, 2.05) is 44.3 Å². The normalized spacial score (nSPS) is 22.2. The van der Waals surface area contributed by atoms with Crippen LogP contribution in [0, 0.1) is 11.8 Å². The van der Waals surface area contributed by atoms with E-state index in [1.54, 1.807) is 6.20 Å². The average molecular weight is 790 g/mol. The molecule has 5 heterocycles. The van der Waals surface area contributed by atoms with E-state index in [0.717, 1.165) is 81.2 Å². The SMILES string of the molecule is COC(O)NC(C(=O)CCC1CC(F)(F)CC1c1ncc(-c2ccc3c(c2)cc2n3C(c3ccccc3)Oc3cc(-c4cnc(C5CCCN5)[nH]4)ccc3-2)[nH]1)C(C)C. The van der Waals surface area contributed by atoms with Crippen LogP contribution in [0.4, 0.5) is 8.78 Å². The van der Waals surface area contributed by atoms with E-state index in [1.165, 1.54) is 7.11 Å². The molecule has 58 heavy (non-hydrogen) atoms. The molecule has 0 amide bonds. The summed E-state index contributed by atoms with van der Waals surface area (Å²) < 4.78 is 44.0. The monoisotopic (exact) mass is 789 g/mol. The lowest BCUT2D eigenvalue weighted by molar-refractivity contribution is -0.133. The molecule has 9 rings (SSSR count). The van der Waals surface area contributed by atoms with E-state index < -0.39 is 36.4 Å². The average Bonchev–Trinajstić information content (AvgIpc) is 4.08. The molecule has 0 radical (unpaired) electrons. The summed E-state index contributed by atoms with van der Waals surface area (Å²) >= 11 is 0. The van der Waals surface area contributed by atoms with Crippen LogP contribution in [0.15, 0.2) is 85.2 Å². The maximum atomic E-state index is 15.0. The summed E-state index contributed by atoms with van der Waals surface area (Å²) in [4.78, 5) is 29.4. The van der Waals surface area contributed by atoms with Gasteiger partial charge < -0.3 is 34.4 Å². The second-order valence-electron chi connectivity index (χ2n) is 16.4. The number of aliphatic hydroxyl groups excluding tert-OH is 1. The Morgan fingerprint density at radius 1 is 1.00 bits per heavy atom. The quantitative estimate of drug-likeness (QED) is 0.0735. The third kappa shape index (κ3) is 7.36. The molecule has 3 aliphatic rings. The zero-order valence-corrected chi connectivity index (χ0v) is 32.8. The number of nitrogens with zero attached hydrogens (tertiary/aromatic N) is 3. The standard InChI is InChI=1S/C45H49F2N7O4/c1-25(2)40(53-44(56)57-3)38(55)16-13-29-21-45(46,47)22-32(29)41-49-23-34(51-41)27-12-15-36-30(18-27)19-37-31-14-11-28(35-24-50-42(52-35)33-10-7-17-48-33)20-39(31)58-43(54(36)37)26-8-5-4-6-9-26/h4-6,8-9,11-12,14-15,18-20,23-25,29,32-33,40,43-44,48,53,56H,7,10,13,16-17,21-22H2,1-3H3,(H,49,51)(H,50,52). The van der Waals surface area contributed by atoms with Gasteiger partial charge in [-0.2, -0.15) is 0 Å². The fourth-order valence-electron chi connectivity index (χ4n) is 9.20. The Balaban J connectivity index is 0.999. The number of aromatic nitrogens is 5. The largest absolute Gasteiger partial charge is 0.465 e. The molecule has 11 nitrogen and oxygen atoms in total. The number of imidazole rings is 2. The molecule has 1 saturated heterocycles. The molecule has 302 valence electrons. The minimum absolute atomic E-state index is 0.105. The number of benzene rings is 3. The van der Waals surface area contributed by atoms with Crippen LogP contribution < -0.4 is 15.4 Å². The van der Waals surface area contributed by atoms with E-state index in [9.17, 15) is 18.7 Å². The van der Waals surface area contributed by atoms with Crippen LogP contribution in [0.3, 0.4) is 0 Å². The number of halogens is 2. The summed E-state index contributed by atoms with van der Waals surface area (Å²) in [5.74, 6) is -1.85. The molecular formula is C45H49F2N7O4. The van der Waals surface area contributed by atoms with Gasteiger partial charge in [-0.1, -0.05) is 56.3 Å². The van der Waals surface area contributed by atoms with Crippen molar-refractivity contribution in [2.24, 2.45) is 11.8 Å². The number of methoxy groups -OCH3 is 1. The molecule has 2 fully saturated rings. The predicted octanol–water partition coefficient (Wildman–Crippen LogP) is 8.47. The Kier molecular flexibility index (Phi) is 10.3. The van der Waals surface area contributed by atoms with Gasteiger partial charge in [-0.25, -0.2) is 18.7 Å². The lowest BCUT2D eigenvalue weighted by Gasteiger charge is -2.30. The molecule has 3 aromatic carbocycles. The van der Waals surface area contributed by atoms with Crippen molar-refractivity contribution in [2.45, 2.75) is 88.9 Å². The van der Waals surface area contributed by atoms with Crippen LogP contribution in [0.5, 0.6) is 5.75 Å². The molecule has 0 spiro atoms. The number of ketones is 1. The summed E-state index contributed by atoms with van der Waals surface area (Å²) in [6.45, 7) is 4.73. The molecule has 1 aliphatic carbocycles. The Hall–Kier alpha value is -5.21. The summed E-state index contributed by atoms with van der Waals surface area (Å²) in [5, 5.41) is 17.2. The second kappa shape index (κ2) is 15.5. The number of rotatable bonds is 13. The van der Waals surface area contributed by atoms with Gasteiger partial charge in [0, 0.05) is 59.9 Å². The highest BCUT2D eigenvalue weighted by atomic mass is 19.3. The first-order chi connectivity index (χ1) is 28.0. The zero-order valence-electron chi connectivity index (χ0n) is 32.8. The minimum atomic E-state index is -2.86. The van der Waals surface area contributed by atoms with Gasteiger partial charge in [-0.3, -0.25) is 10.1 Å². The first-order valence-electron chi connectivity index (χ1n) is 20.3. The Labute approximate surface area is 335 Å². The number of alkyl halides is 2.